The van der Waals surface area contributed by atoms with Crippen molar-refractivity contribution in [3.63, 3.8) is 0 Å². The topological polar surface area (TPSA) is 85.8 Å². The van der Waals surface area contributed by atoms with Gasteiger partial charge in [0.25, 0.3) is 0 Å². The van der Waals surface area contributed by atoms with E-state index >= 15 is 0 Å². The van der Waals surface area contributed by atoms with E-state index in [2.05, 4.69) is 15.2 Å². The number of pyridine rings is 1. The van der Waals surface area contributed by atoms with Gasteiger partial charge in [0.15, 0.2) is 0 Å². The van der Waals surface area contributed by atoms with Crippen LogP contribution in [0.5, 0.6) is 0 Å². The number of anilines is 2. The molecule has 1 aliphatic carbocycles. The number of piperidine rings is 1. The van der Waals surface area contributed by atoms with Crippen molar-refractivity contribution in [2.75, 3.05) is 36.4 Å². The highest BCUT2D eigenvalue weighted by Crippen LogP contribution is 2.49. The van der Waals surface area contributed by atoms with Gasteiger partial charge < -0.3 is 15.3 Å². The summed E-state index contributed by atoms with van der Waals surface area (Å²) in [5.41, 5.74) is 0.414. The second-order valence-electron chi connectivity index (χ2n) is 9.66. The predicted octanol–water partition coefficient (Wildman–Crippen LogP) is 3.33. The van der Waals surface area contributed by atoms with Crippen LogP contribution in [0.4, 0.5) is 24.7 Å². The zero-order chi connectivity index (χ0) is 24.1. The van der Waals surface area contributed by atoms with Gasteiger partial charge in [-0.25, -0.2) is 13.4 Å². The number of benzene rings is 1. The lowest BCUT2D eigenvalue weighted by Crippen LogP contribution is -2.63. The second-order valence-corrected chi connectivity index (χ2v) is 11.6. The van der Waals surface area contributed by atoms with E-state index < -0.39 is 21.8 Å². The van der Waals surface area contributed by atoms with Crippen LogP contribution in [0.25, 0.3) is 0 Å². The molecule has 0 bridgehead atoms. The summed E-state index contributed by atoms with van der Waals surface area (Å²) in [5, 5.41) is 12.6. The van der Waals surface area contributed by atoms with Gasteiger partial charge in [-0.3, -0.25) is 0 Å². The molecular formula is C23H27F3N4O3S. The summed E-state index contributed by atoms with van der Waals surface area (Å²) >= 11 is 0. The molecule has 0 amide bonds. The summed E-state index contributed by atoms with van der Waals surface area (Å²) in [5.74, 6) is 0.342. The molecule has 2 saturated heterocycles. The molecule has 0 atom stereocenters. The molecule has 1 aromatic heterocycles. The molecule has 1 spiro atoms. The summed E-state index contributed by atoms with van der Waals surface area (Å²) < 4.78 is 65.7. The lowest BCUT2D eigenvalue weighted by atomic mass is 9.62. The fourth-order valence-electron chi connectivity index (χ4n) is 5.22. The average Bonchev–Trinajstić information content (AvgIpc) is 2.75. The molecule has 11 heteroatoms. The Kier molecular flexibility index (Phi) is 5.77. The molecule has 3 fully saturated rings. The Hall–Kier alpha value is -2.37. The molecule has 0 unspecified atom stereocenters. The highest BCUT2D eigenvalue weighted by molar-refractivity contribution is 7.89. The highest BCUT2D eigenvalue weighted by Gasteiger charge is 2.51. The third-order valence-corrected chi connectivity index (χ3v) is 9.04. The van der Waals surface area contributed by atoms with Gasteiger partial charge in [0, 0.05) is 49.5 Å². The zero-order valence-corrected chi connectivity index (χ0v) is 19.3. The second kappa shape index (κ2) is 8.39. The first-order chi connectivity index (χ1) is 16.0. The summed E-state index contributed by atoms with van der Waals surface area (Å²) in [4.78, 5) is 6.29. The number of aromatic nitrogens is 1. The van der Waals surface area contributed by atoms with Crippen LogP contribution >= 0.6 is 0 Å². The van der Waals surface area contributed by atoms with E-state index in [1.807, 2.05) is 12.1 Å². The Bertz CT molecular complexity index is 1120. The van der Waals surface area contributed by atoms with Gasteiger partial charge in [-0.05, 0) is 62.1 Å². The van der Waals surface area contributed by atoms with Gasteiger partial charge >= 0.3 is 6.18 Å². The highest BCUT2D eigenvalue weighted by atomic mass is 32.2. The number of aliphatic hydroxyl groups is 1. The Balaban J connectivity index is 1.14. The van der Waals surface area contributed by atoms with Crippen molar-refractivity contribution in [2.24, 2.45) is 5.41 Å². The van der Waals surface area contributed by atoms with Crippen LogP contribution < -0.4 is 10.2 Å². The minimum absolute atomic E-state index is 0.0678. The first kappa shape index (κ1) is 23.4. The van der Waals surface area contributed by atoms with Gasteiger partial charge in [-0.15, -0.1) is 0 Å². The Morgan fingerprint density at radius 2 is 1.68 bits per heavy atom. The van der Waals surface area contributed by atoms with Crippen molar-refractivity contribution in [2.45, 2.75) is 48.9 Å². The third-order valence-electron chi connectivity index (χ3n) is 7.13. The quantitative estimate of drug-likeness (QED) is 0.661. The number of sulfonamides is 1. The van der Waals surface area contributed by atoms with E-state index in [4.69, 9.17) is 0 Å². The largest absolute Gasteiger partial charge is 0.417 e. The third kappa shape index (κ3) is 4.48. The molecule has 1 saturated carbocycles. The van der Waals surface area contributed by atoms with E-state index in [9.17, 15) is 26.7 Å². The number of rotatable bonds is 5. The summed E-state index contributed by atoms with van der Waals surface area (Å²) in [6, 6.07) is 9.15. The molecule has 3 aliphatic rings. The van der Waals surface area contributed by atoms with Crippen LogP contribution in [0.3, 0.4) is 0 Å². The maximum atomic E-state index is 13.1. The fraction of sp³-hybridized carbons (Fsp3) is 0.522. The Morgan fingerprint density at radius 1 is 1.03 bits per heavy atom. The van der Waals surface area contributed by atoms with E-state index in [0.717, 1.165) is 43.9 Å². The van der Waals surface area contributed by atoms with Crippen LogP contribution in [0.15, 0.2) is 47.5 Å². The van der Waals surface area contributed by atoms with Crippen LogP contribution in [-0.2, 0) is 16.2 Å². The minimum atomic E-state index is -4.43. The number of alkyl halides is 3. The number of aliphatic hydroxyl groups excluding tert-OH is 1. The maximum Gasteiger partial charge on any atom is 0.417 e. The van der Waals surface area contributed by atoms with Gasteiger partial charge in [-0.2, -0.15) is 17.5 Å². The van der Waals surface area contributed by atoms with Gasteiger partial charge in [-0.1, -0.05) is 0 Å². The van der Waals surface area contributed by atoms with Crippen LogP contribution in [0.1, 0.15) is 31.2 Å². The molecular weight excluding hydrogens is 469 g/mol. The summed E-state index contributed by atoms with van der Waals surface area (Å²) in [7, 11) is -3.62. The molecule has 2 aliphatic heterocycles. The molecule has 5 rings (SSSR count). The van der Waals surface area contributed by atoms with E-state index in [-0.39, 0.29) is 22.5 Å². The van der Waals surface area contributed by atoms with Gasteiger partial charge in [0.2, 0.25) is 10.0 Å². The average molecular weight is 497 g/mol. The van der Waals surface area contributed by atoms with Crippen molar-refractivity contribution in [1.82, 2.24) is 9.29 Å². The predicted molar refractivity (Wildman–Crippen MR) is 121 cm³/mol. The SMILES string of the molecule is O=S(=O)(c1ccc(N2CC3(CC(O)C3)C2)cc1)N1CCC(Nc2ccc(C(F)(F)F)cn2)CC1. The van der Waals surface area contributed by atoms with Crippen LogP contribution in [0.2, 0.25) is 0 Å². The zero-order valence-electron chi connectivity index (χ0n) is 18.5. The van der Waals surface area contributed by atoms with Crippen molar-refractivity contribution in [1.29, 1.82) is 0 Å². The van der Waals surface area contributed by atoms with Gasteiger partial charge in [0.05, 0.1) is 16.6 Å². The molecule has 7 nitrogen and oxygen atoms in total. The van der Waals surface area contributed by atoms with E-state index in [0.29, 0.717) is 31.7 Å². The molecule has 0 radical (unpaired) electrons. The van der Waals surface area contributed by atoms with Crippen molar-refractivity contribution >= 4 is 21.5 Å². The molecule has 34 heavy (non-hydrogen) atoms. The van der Waals surface area contributed by atoms with Crippen molar-refractivity contribution in [3.8, 4) is 0 Å². The lowest BCUT2D eigenvalue weighted by Gasteiger charge is -2.58. The normalized spacial score (nSPS) is 21.8. The van der Waals surface area contributed by atoms with Gasteiger partial charge in [0.1, 0.15) is 5.82 Å². The first-order valence-corrected chi connectivity index (χ1v) is 12.8. The van der Waals surface area contributed by atoms with E-state index in [1.165, 1.54) is 10.4 Å². The Morgan fingerprint density at radius 3 is 2.21 bits per heavy atom. The standard InChI is InChI=1S/C23H27F3N4O3S/c24-23(25,26)16-1-6-21(27-13-16)28-17-7-9-30(10-8-17)34(32,33)20-4-2-18(3-5-20)29-14-22(15-29)11-19(31)12-22/h1-6,13,17,19,31H,7-12,14-15H2,(H,27,28). The lowest BCUT2D eigenvalue weighted by molar-refractivity contribution is -0.137. The summed E-state index contributed by atoms with van der Waals surface area (Å²) in [6.45, 7) is 2.42. The number of nitrogens with one attached hydrogen (secondary N) is 1. The minimum Gasteiger partial charge on any atom is -0.393 e. The van der Waals surface area contributed by atoms with E-state index in [1.54, 1.807) is 12.1 Å². The number of hydrogen-bond acceptors (Lipinski definition) is 6. The maximum absolute atomic E-state index is 13.1. The summed E-state index contributed by atoms with van der Waals surface area (Å²) in [6.07, 6.45) is -1.07. The number of nitrogens with zero attached hydrogens (tertiary/aromatic N) is 3. The molecule has 2 N–H and O–H groups in total. The molecule has 184 valence electrons. The van der Waals surface area contributed by atoms with Crippen LogP contribution in [0, 0.1) is 5.41 Å². The Labute approximate surface area is 196 Å². The first-order valence-electron chi connectivity index (χ1n) is 11.4. The number of hydrogen-bond donors (Lipinski definition) is 2. The smallest absolute Gasteiger partial charge is 0.393 e. The van der Waals surface area contributed by atoms with Crippen molar-refractivity contribution in [3.05, 3.63) is 48.2 Å². The molecule has 2 aromatic rings. The molecule has 1 aromatic carbocycles. The van der Waals surface area contributed by atoms with Crippen molar-refractivity contribution < 1.29 is 26.7 Å². The fourth-order valence-corrected chi connectivity index (χ4v) is 6.69. The monoisotopic (exact) mass is 496 g/mol. The molecule has 3 heterocycles. The van der Waals surface area contributed by atoms with Crippen LogP contribution in [-0.4, -0.2) is 61.1 Å². The number of halogens is 3.